The Hall–Kier alpha value is -0.970. The molecule has 0 aromatic carbocycles. The Bertz CT molecular complexity index is 440. The highest BCUT2D eigenvalue weighted by Gasteiger charge is 2.46. The second-order valence-corrected chi connectivity index (χ2v) is 7.00. The van der Waals surface area contributed by atoms with Crippen LogP contribution < -0.4 is 5.32 Å². The number of nitrogens with zero attached hydrogens (tertiary/aromatic N) is 3. The zero-order chi connectivity index (χ0) is 17.8. The Labute approximate surface area is 148 Å². The van der Waals surface area contributed by atoms with Crippen molar-refractivity contribution in [3.63, 3.8) is 0 Å². The van der Waals surface area contributed by atoms with Gasteiger partial charge >= 0.3 is 6.03 Å². The van der Waals surface area contributed by atoms with Gasteiger partial charge in [-0.15, -0.1) is 0 Å². The molecule has 3 aliphatic rings. The van der Waals surface area contributed by atoms with E-state index in [1.165, 1.54) is 0 Å². The Kier molecular flexibility index (Phi) is 6.48. The highest BCUT2D eigenvalue weighted by molar-refractivity contribution is 5.74. The number of hydrogen-bond acceptors (Lipinski definition) is 7. The molecule has 3 N–H and O–H groups in total. The number of likely N-dealkylation sites (N-methyl/N-ethyl adjacent to an activating group) is 1. The summed E-state index contributed by atoms with van der Waals surface area (Å²) in [6.45, 7) is 5.93. The first-order valence-electron chi connectivity index (χ1n) is 9.07. The van der Waals surface area contributed by atoms with Gasteiger partial charge in [0.2, 0.25) is 0 Å². The number of aliphatic hydroxyl groups excluding tert-OH is 2. The van der Waals surface area contributed by atoms with E-state index in [0.717, 1.165) is 26.2 Å². The summed E-state index contributed by atoms with van der Waals surface area (Å²) in [5, 5.41) is 23.0. The zero-order valence-electron chi connectivity index (χ0n) is 14.8. The van der Waals surface area contributed by atoms with Crippen LogP contribution in [0.4, 0.5) is 4.79 Å². The lowest BCUT2D eigenvalue weighted by Crippen LogP contribution is -2.57. The Morgan fingerprint density at radius 1 is 1.12 bits per heavy atom. The minimum absolute atomic E-state index is 0.133. The third-order valence-electron chi connectivity index (χ3n) is 5.35. The Morgan fingerprint density at radius 2 is 1.80 bits per heavy atom. The van der Waals surface area contributed by atoms with E-state index in [1.807, 2.05) is 0 Å². The van der Waals surface area contributed by atoms with Gasteiger partial charge in [-0.1, -0.05) is 0 Å². The first-order chi connectivity index (χ1) is 12.1. The number of carbonyl (C=O) groups is 1. The number of amides is 2. The van der Waals surface area contributed by atoms with Crippen LogP contribution in [0.15, 0.2) is 0 Å². The van der Waals surface area contributed by atoms with Crippen LogP contribution in [0.3, 0.4) is 0 Å². The average Bonchev–Trinajstić information content (AvgIpc) is 2.97. The van der Waals surface area contributed by atoms with Crippen molar-refractivity contribution in [3.05, 3.63) is 0 Å². The first kappa shape index (κ1) is 18.8. The second kappa shape index (κ2) is 8.61. The van der Waals surface area contributed by atoms with Crippen molar-refractivity contribution in [3.8, 4) is 0 Å². The van der Waals surface area contributed by atoms with Gasteiger partial charge in [0.1, 0.15) is 12.2 Å². The highest BCUT2D eigenvalue weighted by atomic mass is 16.5. The summed E-state index contributed by atoms with van der Waals surface area (Å²) in [4.78, 5) is 18.5. The Morgan fingerprint density at radius 3 is 2.44 bits per heavy atom. The van der Waals surface area contributed by atoms with Gasteiger partial charge in [0.25, 0.3) is 0 Å². The predicted molar refractivity (Wildman–Crippen MR) is 90.4 cm³/mol. The maximum absolute atomic E-state index is 12.3. The highest BCUT2D eigenvalue weighted by Crippen LogP contribution is 2.26. The lowest BCUT2D eigenvalue weighted by atomic mass is 10.0. The lowest BCUT2D eigenvalue weighted by Gasteiger charge is -2.39. The molecule has 3 fully saturated rings. The van der Waals surface area contributed by atoms with Crippen molar-refractivity contribution in [2.45, 2.75) is 24.4 Å². The van der Waals surface area contributed by atoms with Crippen LogP contribution >= 0.6 is 0 Å². The van der Waals surface area contributed by atoms with Gasteiger partial charge in [-0.3, -0.25) is 4.90 Å². The maximum atomic E-state index is 12.3. The quantitative estimate of drug-likeness (QED) is 0.523. The van der Waals surface area contributed by atoms with E-state index in [1.54, 1.807) is 4.90 Å². The third kappa shape index (κ3) is 4.42. The molecular weight excluding hydrogens is 328 g/mol. The molecule has 4 atom stereocenters. The van der Waals surface area contributed by atoms with Crippen molar-refractivity contribution in [2.75, 3.05) is 72.7 Å². The minimum atomic E-state index is -0.751. The molecule has 0 bridgehead atoms. The van der Waals surface area contributed by atoms with Crippen LogP contribution in [-0.2, 0) is 9.47 Å². The molecule has 0 aromatic rings. The number of carbonyl (C=O) groups excluding carboxylic acids is 1. The molecule has 0 unspecified atom stereocenters. The van der Waals surface area contributed by atoms with E-state index in [2.05, 4.69) is 22.2 Å². The Balaban J connectivity index is 1.58. The number of urea groups is 1. The number of morpholine rings is 1. The number of piperazine rings is 1. The van der Waals surface area contributed by atoms with Crippen LogP contribution in [0.5, 0.6) is 0 Å². The number of hydrogen-bond donors (Lipinski definition) is 3. The van der Waals surface area contributed by atoms with Crippen LogP contribution in [0.25, 0.3) is 0 Å². The molecule has 144 valence electrons. The van der Waals surface area contributed by atoms with Crippen molar-refractivity contribution in [1.82, 2.24) is 20.0 Å². The van der Waals surface area contributed by atoms with Gasteiger partial charge in [0.05, 0.1) is 32.0 Å². The number of nitrogens with one attached hydrogen (secondary N) is 1. The normalized spacial score (nSPS) is 35.1. The largest absolute Gasteiger partial charge is 0.394 e. The van der Waals surface area contributed by atoms with Crippen LogP contribution in [-0.4, -0.2) is 128 Å². The molecular formula is C16H30N4O5. The van der Waals surface area contributed by atoms with Crippen LogP contribution in [0.2, 0.25) is 0 Å². The molecule has 9 heteroatoms. The van der Waals surface area contributed by atoms with Gasteiger partial charge in [-0.2, -0.15) is 0 Å². The SMILES string of the molecule is CN1CCN([C@@H]2[C@H](O)[C@H](CO)O[C@@H]2CNC(=O)N2CCOCC2)CC1. The molecule has 2 amide bonds. The molecule has 0 aromatic heterocycles. The van der Waals surface area contributed by atoms with Gasteiger partial charge in [-0.05, 0) is 7.05 Å². The number of rotatable bonds is 4. The van der Waals surface area contributed by atoms with Crippen LogP contribution in [0, 0.1) is 0 Å². The maximum Gasteiger partial charge on any atom is 0.317 e. The molecule has 0 radical (unpaired) electrons. The summed E-state index contributed by atoms with van der Waals surface area (Å²) in [7, 11) is 2.08. The summed E-state index contributed by atoms with van der Waals surface area (Å²) in [5.41, 5.74) is 0. The predicted octanol–water partition coefficient (Wildman–Crippen LogP) is -2.24. The summed E-state index contributed by atoms with van der Waals surface area (Å²) in [6, 6.07) is -0.346. The lowest BCUT2D eigenvalue weighted by molar-refractivity contribution is -0.0211. The fourth-order valence-electron chi connectivity index (χ4n) is 3.78. The molecule has 3 heterocycles. The topological polar surface area (TPSA) is 97.7 Å². The summed E-state index contributed by atoms with van der Waals surface area (Å²) in [6.07, 6.45) is -1.69. The summed E-state index contributed by atoms with van der Waals surface area (Å²) >= 11 is 0. The van der Waals surface area contributed by atoms with E-state index in [9.17, 15) is 15.0 Å². The van der Waals surface area contributed by atoms with E-state index >= 15 is 0 Å². The standard InChI is InChI=1S/C16H30N4O5/c1-18-2-4-19(5-3-18)14-12(25-13(11-21)15(14)22)10-17-16(23)20-6-8-24-9-7-20/h12-15,21-22H,2-11H2,1H3,(H,17,23)/t12-,13+,14+,15-/m1/s1. The molecule has 0 saturated carbocycles. The van der Waals surface area contributed by atoms with E-state index in [4.69, 9.17) is 9.47 Å². The zero-order valence-corrected chi connectivity index (χ0v) is 14.8. The van der Waals surface area contributed by atoms with Gasteiger partial charge in [0.15, 0.2) is 0 Å². The first-order valence-corrected chi connectivity index (χ1v) is 9.07. The molecule has 0 aliphatic carbocycles. The summed E-state index contributed by atoms with van der Waals surface area (Å²) in [5.74, 6) is 0. The fourth-order valence-corrected chi connectivity index (χ4v) is 3.78. The second-order valence-electron chi connectivity index (χ2n) is 7.00. The van der Waals surface area contributed by atoms with Crippen molar-refractivity contribution >= 4 is 6.03 Å². The number of ether oxygens (including phenoxy) is 2. The van der Waals surface area contributed by atoms with E-state index in [-0.39, 0.29) is 24.8 Å². The van der Waals surface area contributed by atoms with Crippen molar-refractivity contribution < 1.29 is 24.5 Å². The van der Waals surface area contributed by atoms with E-state index in [0.29, 0.717) is 32.8 Å². The molecule has 25 heavy (non-hydrogen) atoms. The van der Waals surface area contributed by atoms with Crippen molar-refractivity contribution in [2.24, 2.45) is 0 Å². The minimum Gasteiger partial charge on any atom is -0.394 e. The third-order valence-corrected chi connectivity index (χ3v) is 5.35. The monoisotopic (exact) mass is 358 g/mol. The van der Waals surface area contributed by atoms with Crippen LogP contribution in [0.1, 0.15) is 0 Å². The molecule has 0 spiro atoms. The fraction of sp³-hybridized carbons (Fsp3) is 0.938. The molecule has 3 rings (SSSR count). The van der Waals surface area contributed by atoms with Gasteiger partial charge in [0, 0.05) is 45.8 Å². The smallest absolute Gasteiger partial charge is 0.317 e. The molecule has 3 aliphatic heterocycles. The van der Waals surface area contributed by atoms with E-state index < -0.39 is 12.2 Å². The van der Waals surface area contributed by atoms with Gasteiger partial charge in [-0.25, -0.2) is 4.79 Å². The average molecular weight is 358 g/mol. The molecule has 9 nitrogen and oxygen atoms in total. The van der Waals surface area contributed by atoms with Crippen molar-refractivity contribution in [1.29, 1.82) is 0 Å². The number of aliphatic hydroxyl groups is 2. The molecule has 3 saturated heterocycles. The van der Waals surface area contributed by atoms with Gasteiger partial charge < -0.3 is 34.8 Å². The summed E-state index contributed by atoms with van der Waals surface area (Å²) < 4.78 is 11.1.